The molecule has 0 aliphatic carbocycles. The third-order valence-electron chi connectivity index (χ3n) is 2.71. The summed E-state index contributed by atoms with van der Waals surface area (Å²) in [5, 5.41) is 7.60. The van der Waals surface area contributed by atoms with E-state index in [9.17, 15) is 4.39 Å². The van der Waals surface area contributed by atoms with Crippen molar-refractivity contribution in [2.75, 3.05) is 6.54 Å². The molecule has 4 nitrogen and oxygen atoms in total. The molecule has 19 heavy (non-hydrogen) atoms. The van der Waals surface area contributed by atoms with E-state index in [2.05, 4.69) is 29.2 Å². The maximum absolute atomic E-state index is 13.5. The van der Waals surface area contributed by atoms with Gasteiger partial charge in [-0.05, 0) is 18.5 Å². The number of benzene rings is 1. The Labute approximate surface area is 112 Å². The van der Waals surface area contributed by atoms with E-state index in [1.54, 1.807) is 23.1 Å². The molecule has 0 aliphatic heterocycles. The van der Waals surface area contributed by atoms with Crippen molar-refractivity contribution >= 4 is 0 Å². The fourth-order valence-corrected chi connectivity index (χ4v) is 1.76. The van der Waals surface area contributed by atoms with Crippen LogP contribution in [0.15, 0.2) is 30.6 Å². The lowest BCUT2D eigenvalue weighted by molar-refractivity contribution is 0.537. The molecule has 0 radical (unpaired) electrons. The van der Waals surface area contributed by atoms with Crippen molar-refractivity contribution in [2.24, 2.45) is 5.92 Å². The first-order valence-electron chi connectivity index (χ1n) is 6.47. The Morgan fingerprint density at radius 2 is 2.11 bits per heavy atom. The van der Waals surface area contributed by atoms with Crippen LogP contribution in [0.1, 0.15) is 25.2 Å². The molecule has 1 N–H and O–H groups in total. The van der Waals surface area contributed by atoms with Crippen LogP contribution in [0.3, 0.4) is 0 Å². The van der Waals surface area contributed by atoms with Gasteiger partial charge >= 0.3 is 0 Å². The van der Waals surface area contributed by atoms with Crippen molar-refractivity contribution in [3.05, 3.63) is 47.8 Å². The maximum Gasteiger partial charge on any atom is 0.164 e. The van der Waals surface area contributed by atoms with Crippen molar-refractivity contribution in [3.63, 3.8) is 0 Å². The molecule has 0 aliphatic rings. The van der Waals surface area contributed by atoms with Gasteiger partial charge in [0.1, 0.15) is 12.1 Å². The largest absolute Gasteiger partial charge is 0.310 e. The number of hydrogen-bond acceptors (Lipinski definition) is 3. The van der Waals surface area contributed by atoms with E-state index in [0.29, 0.717) is 24.6 Å². The van der Waals surface area contributed by atoms with E-state index in [-0.39, 0.29) is 5.82 Å². The van der Waals surface area contributed by atoms with Crippen molar-refractivity contribution in [1.82, 2.24) is 20.1 Å². The van der Waals surface area contributed by atoms with E-state index < -0.39 is 0 Å². The van der Waals surface area contributed by atoms with Crippen LogP contribution in [-0.2, 0) is 13.1 Å². The Morgan fingerprint density at radius 1 is 1.32 bits per heavy atom. The monoisotopic (exact) mass is 262 g/mol. The first-order chi connectivity index (χ1) is 9.15. The predicted molar refractivity (Wildman–Crippen MR) is 72.1 cm³/mol. The Morgan fingerprint density at radius 3 is 2.84 bits per heavy atom. The molecule has 0 unspecified atom stereocenters. The Kier molecular flexibility index (Phi) is 4.63. The van der Waals surface area contributed by atoms with Crippen LogP contribution in [0.5, 0.6) is 0 Å². The van der Waals surface area contributed by atoms with Gasteiger partial charge in [-0.1, -0.05) is 32.0 Å². The van der Waals surface area contributed by atoms with Gasteiger partial charge in [-0.15, -0.1) is 0 Å². The van der Waals surface area contributed by atoms with E-state index in [4.69, 9.17) is 0 Å². The molecule has 0 saturated carbocycles. The Bertz CT molecular complexity index is 522. The molecule has 1 heterocycles. The Hall–Kier alpha value is -1.75. The highest BCUT2D eigenvalue weighted by atomic mass is 19.1. The third kappa shape index (κ3) is 4.13. The molecule has 1 aromatic heterocycles. The van der Waals surface area contributed by atoms with Crippen LogP contribution >= 0.6 is 0 Å². The molecular weight excluding hydrogens is 243 g/mol. The SMILES string of the molecule is CC(C)CNCc1ncn(Cc2ccccc2F)n1. The Balaban J connectivity index is 1.92. The van der Waals surface area contributed by atoms with Gasteiger partial charge in [-0.25, -0.2) is 14.1 Å². The van der Waals surface area contributed by atoms with Gasteiger partial charge in [-0.2, -0.15) is 5.10 Å². The number of halogens is 1. The number of aromatic nitrogens is 3. The zero-order valence-corrected chi connectivity index (χ0v) is 11.3. The van der Waals surface area contributed by atoms with Gasteiger partial charge in [0.2, 0.25) is 0 Å². The molecule has 0 amide bonds. The minimum atomic E-state index is -0.211. The molecule has 2 rings (SSSR count). The van der Waals surface area contributed by atoms with Crippen LogP contribution in [0, 0.1) is 11.7 Å². The van der Waals surface area contributed by atoms with Gasteiger partial charge in [0.25, 0.3) is 0 Å². The summed E-state index contributed by atoms with van der Waals surface area (Å²) in [6, 6.07) is 6.72. The first-order valence-corrected chi connectivity index (χ1v) is 6.47. The average molecular weight is 262 g/mol. The molecule has 0 saturated heterocycles. The van der Waals surface area contributed by atoms with Crippen LogP contribution in [-0.4, -0.2) is 21.3 Å². The van der Waals surface area contributed by atoms with Crippen LogP contribution in [0.2, 0.25) is 0 Å². The second kappa shape index (κ2) is 6.43. The summed E-state index contributed by atoms with van der Waals surface area (Å²) in [6.07, 6.45) is 1.64. The van der Waals surface area contributed by atoms with Crippen LogP contribution in [0.4, 0.5) is 4.39 Å². The average Bonchev–Trinajstić information content (AvgIpc) is 2.79. The number of rotatable bonds is 6. The first kappa shape index (κ1) is 13.7. The lowest BCUT2D eigenvalue weighted by Crippen LogP contribution is -2.19. The van der Waals surface area contributed by atoms with Gasteiger partial charge in [0, 0.05) is 5.56 Å². The van der Waals surface area contributed by atoms with E-state index >= 15 is 0 Å². The highest BCUT2D eigenvalue weighted by Gasteiger charge is 2.05. The van der Waals surface area contributed by atoms with Crippen molar-refractivity contribution in [1.29, 1.82) is 0 Å². The molecule has 2 aromatic rings. The minimum absolute atomic E-state index is 0.211. The maximum atomic E-state index is 13.5. The summed E-state index contributed by atoms with van der Waals surface area (Å²) in [5.41, 5.74) is 0.620. The van der Waals surface area contributed by atoms with E-state index in [1.165, 1.54) is 6.07 Å². The quantitative estimate of drug-likeness (QED) is 0.868. The summed E-state index contributed by atoms with van der Waals surface area (Å²) >= 11 is 0. The molecule has 0 atom stereocenters. The minimum Gasteiger partial charge on any atom is -0.310 e. The van der Waals surface area contributed by atoms with Gasteiger partial charge in [-0.3, -0.25) is 0 Å². The van der Waals surface area contributed by atoms with E-state index in [1.807, 2.05) is 6.07 Å². The molecule has 1 aromatic carbocycles. The number of nitrogens with zero attached hydrogens (tertiary/aromatic N) is 3. The van der Waals surface area contributed by atoms with Crippen molar-refractivity contribution in [3.8, 4) is 0 Å². The fraction of sp³-hybridized carbons (Fsp3) is 0.429. The summed E-state index contributed by atoms with van der Waals surface area (Å²) in [7, 11) is 0. The molecule has 0 bridgehead atoms. The summed E-state index contributed by atoms with van der Waals surface area (Å²) in [6.45, 7) is 6.28. The zero-order valence-electron chi connectivity index (χ0n) is 11.3. The molecule has 5 heteroatoms. The van der Waals surface area contributed by atoms with Gasteiger partial charge in [0.15, 0.2) is 5.82 Å². The number of nitrogens with one attached hydrogen (secondary N) is 1. The van der Waals surface area contributed by atoms with Gasteiger partial charge < -0.3 is 5.32 Å². The topological polar surface area (TPSA) is 42.7 Å². The molecule has 0 fully saturated rings. The standard InChI is InChI=1S/C14H19FN4/c1-11(2)7-16-8-14-17-10-19(18-14)9-12-5-3-4-6-13(12)15/h3-6,10-11,16H,7-9H2,1-2H3. The molecule has 0 spiro atoms. The smallest absolute Gasteiger partial charge is 0.164 e. The highest BCUT2D eigenvalue weighted by Crippen LogP contribution is 2.07. The third-order valence-corrected chi connectivity index (χ3v) is 2.71. The summed E-state index contributed by atoms with van der Waals surface area (Å²) in [5.74, 6) is 1.12. The summed E-state index contributed by atoms with van der Waals surface area (Å²) < 4.78 is 15.2. The summed E-state index contributed by atoms with van der Waals surface area (Å²) in [4.78, 5) is 4.21. The van der Waals surface area contributed by atoms with E-state index in [0.717, 1.165) is 12.4 Å². The molecular formula is C14H19FN4. The zero-order chi connectivity index (χ0) is 13.7. The van der Waals surface area contributed by atoms with Gasteiger partial charge in [0.05, 0.1) is 13.1 Å². The lowest BCUT2D eigenvalue weighted by atomic mass is 10.2. The fourth-order valence-electron chi connectivity index (χ4n) is 1.76. The highest BCUT2D eigenvalue weighted by molar-refractivity contribution is 5.17. The van der Waals surface area contributed by atoms with Crippen molar-refractivity contribution < 1.29 is 4.39 Å². The normalized spacial score (nSPS) is 11.2. The second-order valence-corrected chi connectivity index (χ2v) is 4.97. The lowest BCUT2D eigenvalue weighted by Gasteiger charge is -2.04. The predicted octanol–water partition coefficient (Wildman–Crippen LogP) is 2.21. The van der Waals surface area contributed by atoms with Crippen LogP contribution in [0.25, 0.3) is 0 Å². The number of hydrogen-bond donors (Lipinski definition) is 1. The van der Waals surface area contributed by atoms with Crippen molar-refractivity contribution in [2.45, 2.75) is 26.9 Å². The second-order valence-electron chi connectivity index (χ2n) is 4.97. The van der Waals surface area contributed by atoms with Crippen LogP contribution < -0.4 is 5.32 Å². The molecule has 102 valence electrons.